The highest BCUT2D eigenvalue weighted by atomic mass is 16.4. The fourth-order valence-electron chi connectivity index (χ4n) is 1.20. The largest absolute Gasteiger partial charge is 0.478 e. The number of terminal acetylenes is 1. The van der Waals surface area contributed by atoms with Crippen molar-refractivity contribution in [2.75, 3.05) is 6.54 Å². The zero-order valence-corrected chi connectivity index (χ0v) is 8.74. The van der Waals surface area contributed by atoms with Gasteiger partial charge in [-0.2, -0.15) is 0 Å². The van der Waals surface area contributed by atoms with Crippen LogP contribution in [0.5, 0.6) is 0 Å². The first-order valence-electron chi connectivity index (χ1n) is 4.67. The Balaban J connectivity index is 2.95. The Kier molecular flexibility index (Phi) is 3.72. The summed E-state index contributed by atoms with van der Waals surface area (Å²) in [4.78, 5) is 22.2. The fourth-order valence-corrected chi connectivity index (χ4v) is 1.20. The van der Waals surface area contributed by atoms with Crippen LogP contribution in [0, 0.1) is 12.3 Å². The summed E-state index contributed by atoms with van der Waals surface area (Å²) in [6.45, 7) is 1.82. The zero-order valence-electron chi connectivity index (χ0n) is 8.74. The van der Waals surface area contributed by atoms with Gasteiger partial charge in [-0.05, 0) is 0 Å². The van der Waals surface area contributed by atoms with Crippen LogP contribution in [0.15, 0.2) is 10.5 Å². The van der Waals surface area contributed by atoms with Gasteiger partial charge in [-0.15, -0.1) is 6.42 Å². The summed E-state index contributed by atoms with van der Waals surface area (Å²) < 4.78 is 5.12. The third-order valence-corrected chi connectivity index (χ3v) is 1.94. The van der Waals surface area contributed by atoms with E-state index in [9.17, 15) is 9.59 Å². The van der Waals surface area contributed by atoms with Crippen LogP contribution in [-0.4, -0.2) is 23.5 Å². The average Bonchev–Trinajstić information content (AvgIpc) is 2.69. The maximum Gasteiger partial charge on any atom is 0.339 e. The van der Waals surface area contributed by atoms with Gasteiger partial charge in [0.15, 0.2) is 5.76 Å². The van der Waals surface area contributed by atoms with E-state index in [4.69, 9.17) is 15.9 Å². The number of hydrogen-bond donors (Lipinski definition) is 2. The van der Waals surface area contributed by atoms with Crippen LogP contribution in [0.2, 0.25) is 0 Å². The number of rotatable bonds is 4. The second-order valence-corrected chi connectivity index (χ2v) is 2.99. The number of hydrogen-bond acceptors (Lipinski definition) is 3. The molecule has 0 aliphatic carbocycles. The summed E-state index contributed by atoms with van der Waals surface area (Å²) in [6.07, 6.45) is 5.38. The lowest BCUT2D eigenvalue weighted by Crippen LogP contribution is -2.22. The van der Waals surface area contributed by atoms with Crippen molar-refractivity contribution in [1.29, 1.82) is 0 Å². The number of aryl methyl sites for hydroxylation is 1. The number of aromatic carboxylic acids is 1. The van der Waals surface area contributed by atoms with E-state index >= 15 is 0 Å². The maximum atomic E-state index is 11.4. The van der Waals surface area contributed by atoms with E-state index in [1.54, 1.807) is 6.92 Å². The molecule has 0 saturated carbocycles. The summed E-state index contributed by atoms with van der Waals surface area (Å²) >= 11 is 0. The number of carbonyl (C=O) groups excluding carboxylic acids is 1. The molecule has 1 rings (SSSR count). The quantitative estimate of drug-likeness (QED) is 0.740. The van der Waals surface area contributed by atoms with Gasteiger partial charge in [0.1, 0.15) is 11.3 Å². The first kappa shape index (κ1) is 11.9. The predicted octanol–water partition coefficient (Wildman–Crippen LogP) is 0.903. The Morgan fingerprint density at radius 1 is 1.62 bits per heavy atom. The van der Waals surface area contributed by atoms with E-state index in [-0.39, 0.29) is 23.6 Å². The number of amides is 1. The fraction of sp³-hybridized carbons (Fsp3) is 0.273. The lowest BCUT2D eigenvalue weighted by atomic mass is 10.2. The van der Waals surface area contributed by atoms with Crippen molar-refractivity contribution >= 4 is 11.9 Å². The summed E-state index contributed by atoms with van der Waals surface area (Å²) in [5, 5.41) is 11.2. The van der Waals surface area contributed by atoms with Gasteiger partial charge in [-0.1, -0.05) is 12.8 Å². The molecule has 1 amide bonds. The van der Waals surface area contributed by atoms with E-state index in [0.29, 0.717) is 6.42 Å². The molecule has 0 aromatic carbocycles. The van der Waals surface area contributed by atoms with E-state index < -0.39 is 11.9 Å². The molecule has 0 radical (unpaired) electrons. The third-order valence-electron chi connectivity index (χ3n) is 1.94. The zero-order chi connectivity index (χ0) is 12.1. The van der Waals surface area contributed by atoms with Crippen molar-refractivity contribution in [3.8, 4) is 12.3 Å². The van der Waals surface area contributed by atoms with Gasteiger partial charge < -0.3 is 14.8 Å². The van der Waals surface area contributed by atoms with Gasteiger partial charge in [0.25, 0.3) is 5.91 Å². The van der Waals surface area contributed by atoms with Crippen LogP contribution in [-0.2, 0) is 6.42 Å². The molecule has 2 N–H and O–H groups in total. The molecule has 0 aliphatic rings. The highest BCUT2D eigenvalue weighted by molar-refractivity contribution is 5.96. The van der Waals surface area contributed by atoms with Crippen LogP contribution in [0.4, 0.5) is 0 Å². The molecule has 0 saturated heterocycles. The second-order valence-electron chi connectivity index (χ2n) is 2.99. The molecule has 16 heavy (non-hydrogen) atoms. The molecule has 0 spiro atoms. The molecule has 0 bridgehead atoms. The smallest absolute Gasteiger partial charge is 0.339 e. The molecule has 0 atom stereocenters. The van der Waals surface area contributed by atoms with Crippen molar-refractivity contribution in [2.24, 2.45) is 0 Å². The summed E-state index contributed by atoms with van der Waals surface area (Å²) in [6, 6.07) is 1.20. The Labute approximate surface area is 92.4 Å². The molecule has 5 nitrogen and oxygen atoms in total. The molecule has 84 valence electrons. The van der Waals surface area contributed by atoms with Crippen LogP contribution < -0.4 is 5.32 Å². The number of nitrogens with one attached hydrogen (secondary N) is 1. The summed E-state index contributed by atoms with van der Waals surface area (Å²) in [5.41, 5.74) is 0.00774. The Morgan fingerprint density at radius 3 is 2.75 bits per heavy atom. The predicted molar refractivity (Wildman–Crippen MR) is 56.2 cm³/mol. The lowest BCUT2D eigenvalue weighted by Gasteiger charge is -1.96. The second kappa shape index (κ2) is 5.03. The standard InChI is InChI=1S/C11H11NO4/c1-3-5-12-10(13)9-6-7(11(14)15)8(4-2)16-9/h1,6H,4-5H2,2H3,(H,12,13)(H,14,15). The molecule has 0 unspecified atom stereocenters. The molecule has 0 fully saturated rings. The van der Waals surface area contributed by atoms with Gasteiger partial charge in [-0.25, -0.2) is 4.79 Å². The number of furan rings is 1. The Morgan fingerprint density at radius 2 is 2.31 bits per heavy atom. The monoisotopic (exact) mass is 221 g/mol. The van der Waals surface area contributed by atoms with Crippen molar-refractivity contribution in [1.82, 2.24) is 5.32 Å². The molecule has 1 aromatic heterocycles. The highest BCUT2D eigenvalue weighted by Gasteiger charge is 2.19. The molecule has 1 heterocycles. The van der Waals surface area contributed by atoms with Gasteiger partial charge >= 0.3 is 5.97 Å². The van der Waals surface area contributed by atoms with Gasteiger partial charge in [-0.3, -0.25) is 4.79 Å². The van der Waals surface area contributed by atoms with Crippen LogP contribution in [0.25, 0.3) is 0 Å². The van der Waals surface area contributed by atoms with E-state index in [1.807, 2.05) is 0 Å². The minimum absolute atomic E-state index is 0.00774. The number of carbonyl (C=O) groups is 2. The first-order valence-corrected chi connectivity index (χ1v) is 4.67. The molecule has 5 heteroatoms. The van der Waals surface area contributed by atoms with Crippen molar-refractivity contribution in [2.45, 2.75) is 13.3 Å². The average molecular weight is 221 g/mol. The van der Waals surface area contributed by atoms with Crippen LogP contribution in [0.1, 0.15) is 33.6 Å². The van der Waals surface area contributed by atoms with E-state index in [0.717, 1.165) is 0 Å². The summed E-state index contributed by atoms with van der Waals surface area (Å²) in [5.74, 6) is 0.847. The van der Waals surface area contributed by atoms with Gasteiger partial charge in [0.05, 0.1) is 6.54 Å². The normalized spacial score (nSPS) is 9.50. The number of carboxylic acids is 1. The van der Waals surface area contributed by atoms with Crippen molar-refractivity contribution in [3.05, 3.63) is 23.2 Å². The van der Waals surface area contributed by atoms with Crippen LogP contribution in [0.3, 0.4) is 0 Å². The Hall–Kier alpha value is -2.22. The number of carboxylic acid groups (broad SMARTS) is 1. The van der Waals surface area contributed by atoms with Gasteiger partial charge in [0.2, 0.25) is 0 Å². The SMILES string of the molecule is C#CCNC(=O)c1cc(C(=O)O)c(CC)o1. The van der Waals surface area contributed by atoms with E-state index in [2.05, 4.69) is 11.2 Å². The molecule has 0 aliphatic heterocycles. The topological polar surface area (TPSA) is 79.5 Å². The van der Waals surface area contributed by atoms with Crippen molar-refractivity contribution in [3.63, 3.8) is 0 Å². The highest BCUT2D eigenvalue weighted by Crippen LogP contribution is 2.16. The van der Waals surface area contributed by atoms with Crippen LogP contribution >= 0.6 is 0 Å². The lowest BCUT2D eigenvalue weighted by molar-refractivity contribution is 0.0694. The van der Waals surface area contributed by atoms with Crippen molar-refractivity contribution < 1.29 is 19.1 Å². The Bertz CT molecular complexity index is 453. The molecular weight excluding hydrogens is 210 g/mol. The minimum atomic E-state index is -1.11. The third kappa shape index (κ3) is 2.42. The summed E-state index contributed by atoms with van der Waals surface area (Å²) in [7, 11) is 0. The minimum Gasteiger partial charge on any atom is -0.478 e. The first-order chi connectivity index (χ1) is 7.60. The van der Waals surface area contributed by atoms with E-state index in [1.165, 1.54) is 6.07 Å². The maximum absolute atomic E-state index is 11.4. The molecular formula is C11H11NO4. The molecule has 1 aromatic rings. The van der Waals surface area contributed by atoms with Gasteiger partial charge in [0, 0.05) is 12.5 Å².